The van der Waals surface area contributed by atoms with Gasteiger partial charge in [0.05, 0.1) is 17.1 Å². The molecule has 0 saturated carbocycles. The average molecular weight is 393 g/mol. The number of carbonyl (C=O) groups excluding carboxylic acids is 2. The maximum Gasteiger partial charge on any atom is 0.307 e. The second kappa shape index (κ2) is 8.77. The second-order valence-corrected chi connectivity index (χ2v) is 8.11. The zero-order chi connectivity index (χ0) is 20.0. The molecule has 1 N–H and O–H groups in total. The Morgan fingerprint density at radius 2 is 1.63 bits per heavy atom. The van der Waals surface area contributed by atoms with Crippen LogP contribution in [0.3, 0.4) is 0 Å². The molecule has 0 bridgehead atoms. The topological polar surface area (TPSA) is 89.5 Å². The Labute approximate surface area is 157 Å². The second-order valence-electron chi connectivity index (χ2n) is 6.00. The van der Waals surface area contributed by atoms with Gasteiger partial charge in [-0.05, 0) is 49.2 Å². The van der Waals surface area contributed by atoms with Crippen molar-refractivity contribution in [1.82, 2.24) is 0 Å². The lowest BCUT2D eigenvalue weighted by Crippen LogP contribution is -2.22. The highest BCUT2D eigenvalue weighted by Crippen LogP contribution is 2.19. The lowest BCUT2D eigenvalue weighted by atomic mass is 10.1. The number of carbonyl (C=O) groups is 2. The number of rotatable bonds is 7. The van der Waals surface area contributed by atoms with E-state index in [1.807, 2.05) is 32.0 Å². The SMILES string of the molecule is Cc1cccc(C)c1NC(=O)COC(=O)CCS(=O)(=O)c1ccc(F)cc1. The molecule has 0 aliphatic heterocycles. The molecule has 8 heteroatoms. The number of hydrogen-bond acceptors (Lipinski definition) is 5. The third-order valence-corrected chi connectivity index (χ3v) is 5.59. The number of nitrogens with one attached hydrogen (secondary N) is 1. The zero-order valence-corrected chi connectivity index (χ0v) is 15.8. The normalized spacial score (nSPS) is 11.1. The smallest absolute Gasteiger partial charge is 0.307 e. The number of para-hydroxylation sites is 1. The minimum Gasteiger partial charge on any atom is -0.456 e. The van der Waals surface area contributed by atoms with Crippen LogP contribution in [0, 0.1) is 19.7 Å². The molecule has 1 amide bonds. The third-order valence-electron chi connectivity index (χ3n) is 3.86. The summed E-state index contributed by atoms with van der Waals surface area (Å²) in [5.74, 6) is -2.36. The number of sulfone groups is 1. The summed E-state index contributed by atoms with van der Waals surface area (Å²) in [6.07, 6.45) is -0.406. The Morgan fingerprint density at radius 1 is 1.04 bits per heavy atom. The first-order valence-corrected chi connectivity index (χ1v) is 9.84. The molecule has 0 saturated heterocycles. The Morgan fingerprint density at radius 3 is 2.22 bits per heavy atom. The third kappa shape index (κ3) is 5.89. The number of hydrogen-bond donors (Lipinski definition) is 1. The number of esters is 1. The number of aryl methyl sites for hydroxylation is 2. The van der Waals surface area contributed by atoms with Crippen molar-refractivity contribution in [2.75, 3.05) is 17.7 Å². The standard InChI is InChI=1S/C19H20FNO5S/c1-13-4-3-5-14(2)19(13)21-17(22)12-26-18(23)10-11-27(24,25)16-8-6-15(20)7-9-16/h3-9H,10-12H2,1-2H3,(H,21,22). The van der Waals surface area contributed by atoms with Crippen LogP contribution in [-0.4, -0.2) is 32.7 Å². The van der Waals surface area contributed by atoms with Gasteiger partial charge in [-0.2, -0.15) is 0 Å². The van der Waals surface area contributed by atoms with Crippen molar-refractivity contribution in [3.63, 3.8) is 0 Å². The summed E-state index contributed by atoms with van der Waals surface area (Å²) in [7, 11) is -3.74. The molecule has 2 rings (SSSR count). The number of halogens is 1. The summed E-state index contributed by atoms with van der Waals surface area (Å²) < 4.78 is 41.9. The molecule has 0 heterocycles. The molecule has 27 heavy (non-hydrogen) atoms. The predicted octanol–water partition coefficient (Wildman–Crippen LogP) is 2.79. The van der Waals surface area contributed by atoms with Gasteiger partial charge in [0.25, 0.3) is 5.91 Å². The fraction of sp³-hybridized carbons (Fsp3) is 0.263. The summed E-state index contributed by atoms with van der Waals surface area (Å²) in [4.78, 5) is 23.6. The maximum absolute atomic E-state index is 12.9. The minimum absolute atomic E-state index is 0.0792. The van der Waals surface area contributed by atoms with Gasteiger partial charge in [0, 0.05) is 5.69 Å². The van der Waals surface area contributed by atoms with Gasteiger partial charge in [0.2, 0.25) is 0 Å². The van der Waals surface area contributed by atoms with Crippen LogP contribution in [0.1, 0.15) is 17.5 Å². The zero-order valence-electron chi connectivity index (χ0n) is 15.0. The number of amides is 1. The van der Waals surface area contributed by atoms with Gasteiger partial charge in [-0.15, -0.1) is 0 Å². The van der Waals surface area contributed by atoms with Gasteiger partial charge in [-0.3, -0.25) is 9.59 Å². The molecule has 144 valence electrons. The summed E-state index contributed by atoms with van der Waals surface area (Å²) in [5.41, 5.74) is 2.40. The van der Waals surface area contributed by atoms with Crippen LogP contribution in [0.25, 0.3) is 0 Å². The molecule has 0 aliphatic carbocycles. The van der Waals surface area contributed by atoms with Crippen molar-refractivity contribution in [3.05, 3.63) is 59.4 Å². The fourth-order valence-electron chi connectivity index (χ4n) is 2.38. The van der Waals surface area contributed by atoms with E-state index in [1.165, 1.54) is 0 Å². The van der Waals surface area contributed by atoms with Gasteiger partial charge in [-0.1, -0.05) is 18.2 Å². The van der Waals surface area contributed by atoms with Crippen molar-refractivity contribution in [2.45, 2.75) is 25.2 Å². The first-order valence-electron chi connectivity index (χ1n) is 8.19. The van der Waals surface area contributed by atoms with E-state index in [4.69, 9.17) is 4.74 Å². The molecule has 6 nitrogen and oxygen atoms in total. The monoisotopic (exact) mass is 393 g/mol. The number of anilines is 1. The Balaban J connectivity index is 1.84. The van der Waals surface area contributed by atoms with Crippen molar-refractivity contribution in [2.24, 2.45) is 0 Å². The molecule has 0 spiro atoms. The van der Waals surface area contributed by atoms with E-state index in [0.717, 1.165) is 35.4 Å². The van der Waals surface area contributed by atoms with Crippen molar-refractivity contribution in [1.29, 1.82) is 0 Å². The molecule has 0 unspecified atom stereocenters. The van der Waals surface area contributed by atoms with E-state index < -0.39 is 46.3 Å². The Hall–Kier alpha value is -2.74. The van der Waals surface area contributed by atoms with Gasteiger partial charge in [-0.25, -0.2) is 12.8 Å². The summed E-state index contributed by atoms with van der Waals surface area (Å²) in [6, 6.07) is 9.87. The lowest BCUT2D eigenvalue weighted by molar-refractivity contribution is -0.146. The molecule has 0 aliphatic rings. The molecular weight excluding hydrogens is 373 g/mol. The fourth-order valence-corrected chi connectivity index (χ4v) is 3.60. The Bertz CT molecular complexity index is 919. The lowest BCUT2D eigenvalue weighted by Gasteiger charge is -2.11. The first kappa shape index (κ1) is 20.6. The van der Waals surface area contributed by atoms with Crippen molar-refractivity contribution in [3.8, 4) is 0 Å². The van der Waals surface area contributed by atoms with Crippen LogP contribution >= 0.6 is 0 Å². The van der Waals surface area contributed by atoms with Gasteiger partial charge in [0.1, 0.15) is 5.82 Å². The molecule has 2 aromatic carbocycles. The van der Waals surface area contributed by atoms with Crippen molar-refractivity contribution >= 4 is 27.4 Å². The van der Waals surface area contributed by atoms with E-state index in [0.29, 0.717) is 5.69 Å². The molecule has 0 aromatic heterocycles. The number of benzene rings is 2. The minimum atomic E-state index is -3.74. The van der Waals surface area contributed by atoms with E-state index >= 15 is 0 Å². The molecule has 0 radical (unpaired) electrons. The van der Waals surface area contributed by atoms with Crippen LogP contribution in [0.15, 0.2) is 47.4 Å². The predicted molar refractivity (Wildman–Crippen MR) is 98.6 cm³/mol. The molecule has 2 aromatic rings. The highest BCUT2D eigenvalue weighted by molar-refractivity contribution is 7.91. The van der Waals surface area contributed by atoms with Gasteiger partial charge < -0.3 is 10.1 Å². The largest absolute Gasteiger partial charge is 0.456 e. The van der Waals surface area contributed by atoms with Crippen LogP contribution in [-0.2, 0) is 24.2 Å². The average Bonchev–Trinajstić information content (AvgIpc) is 2.62. The van der Waals surface area contributed by atoms with Crippen LogP contribution in [0.5, 0.6) is 0 Å². The van der Waals surface area contributed by atoms with E-state index in [2.05, 4.69) is 5.32 Å². The number of ether oxygens (including phenoxy) is 1. The first-order chi connectivity index (χ1) is 12.7. The van der Waals surface area contributed by atoms with Crippen LogP contribution < -0.4 is 5.32 Å². The van der Waals surface area contributed by atoms with E-state index in [1.54, 1.807) is 0 Å². The summed E-state index contributed by atoms with van der Waals surface area (Å²) in [5, 5.41) is 2.67. The van der Waals surface area contributed by atoms with E-state index in [9.17, 15) is 22.4 Å². The molecule has 0 atom stereocenters. The molecule has 0 fully saturated rings. The molecular formula is C19H20FNO5S. The van der Waals surface area contributed by atoms with Crippen LogP contribution in [0.4, 0.5) is 10.1 Å². The summed E-state index contributed by atoms with van der Waals surface area (Å²) >= 11 is 0. The van der Waals surface area contributed by atoms with Crippen LogP contribution in [0.2, 0.25) is 0 Å². The van der Waals surface area contributed by atoms with Gasteiger partial charge >= 0.3 is 5.97 Å². The van der Waals surface area contributed by atoms with E-state index in [-0.39, 0.29) is 4.90 Å². The summed E-state index contributed by atoms with van der Waals surface area (Å²) in [6.45, 7) is 3.17. The quantitative estimate of drug-likeness (QED) is 0.577. The van der Waals surface area contributed by atoms with Crippen molar-refractivity contribution < 1.29 is 27.1 Å². The Kier molecular flexibility index (Phi) is 6.68. The highest BCUT2D eigenvalue weighted by atomic mass is 32.2. The van der Waals surface area contributed by atoms with Gasteiger partial charge in [0.15, 0.2) is 16.4 Å². The maximum atomic E-state index is 12.9. The highest BCUT2D eigenvalue weighted by Gasteiger charge is 2.18.